The maximum atomic E-state index is 14.2. The molecule has 1 unspecified atom stereocenters. The third-order valence-electron chi connectivity index (χ3n) is 30.0. The zero-order chi connectivity index (χ0) is 94.6. The second-order valence-electron chi connectivity index (χ2n) is 38.9. The summed E-state index contributed by atoms with van der Waals surface area (Å²) in [5.41, 5.74) is 35.2. The summed E-state index contributed by atoms with van der Waals surface area (Å²) in [7, 11) is -1.21. The van der Waals surface area contributed by atoms with E-state index in [0.29, 0.717) is 36.1 Å². The first kappa shape index (κ1) is 92.7. The van der Waals surface area contributed by atoms with E-state index in [9.17, 15) is 4.21 Å². The van der Waals surface area contributed by atoms with Crippen LogP contribution in [0.1, 0.15) is 112 Å². The van der Waals surface area contributed by atoms with Crippen molar-refractivity contribution in [1.29, 1.82) is 0 Å². The number of benzene rings is 14. The average molecular weight is 2440 g/mol. The number of ether oxygens (including phenoxy) is 2. The molecular weight excluding hydrogens is 2350 g/mol. The molecule has 0 amide bonds. The molecule has 0 spiro atoms. The van der Waals surface area contributed by atoms with Crippen LogP contribution in [0.25, 0.3) is 161 Å². The van der Waals surface area contributed by atoms with E-state index < -0.39 is 10.8 Å². The van der Waals surface area contributed by atoms with Gasteiger partial charge in [0.25, 0.3) is 0 Å². The summed E-state index contributed by atoms with van der Waals surface area (Å²) in [5.74, 6) is 2.20. The molecule has 0 aliphatic carbocycles. The molecule has 0 N–H and O–H groups in total. The number of furan rings is 2. The molecule has 708 valence electrons. The van der Waals surface area contributed by atoms with Crippen LogP contribution in [-0.4, -0.2) is 47.9 Å². The summed E-state index contributed by atoms with van der Waals surface area (Å²) in [6.45, 7) is 9.52. The number of nitrogens with zero attached hydrogens (tertiary/aromatic N) is 9. The fourth-order valence-electron chi connectivity index (χ4n) is 22.3. The van der Waals surface area contributed by atoms with E-state index in [1.807, 2.05) is 83.9 Å². The monoisotopic (exact) mass is 2440 g/mol. The van der Waals surface area contributed by atoms with Gasteiger partial charge in [0.05, 0.1) is 37.6 Å². The first-order valence-electron chi connectivity index (χ1n) is 48.8. The normalized spacial score (nSPS) is 14.5. The Hall–Kier alpha value is -14.7. The van der Waals surface area contributed by atoms with Crippen molar-refractivity contribution in [1.82, 2.24) is 43.7 Å². The largest absolute Gasteiger partial charge is 2.00 e. The Balaban J connectivity index is 0.000000116. The molecule has 0 radical (unpaired) electrons. The third kappa shape index (κ3) is 16.2. The van der Waals surface area contributed by atoms with Gasteiger partial charge in [-0.05, 0) is 193 Å². The van der Waals surface area contributed by atoms with E-state index in [0.717, 1.165) is 224 Å². The molecule has 28 bridgehead atoms. The summed E-state index contributed by atoms with van der Waals surface area (Å²) < 4.78 is 46.5. The molecule has 11 aliphatic heterocycles. The maximum Gasteiger partial charge on any atom is 2.00 e. The van der Waals surface area contributed by atoms with Gasteiger partial charge in [-0.1, -0.05) is 245 Å². The molecule has 0 saturated heterocycles. The van der Waals surface area contributed by atoms with Crippen LogP contribution in [0.4, 0.5) is 0 Å². The number of aromatic nitrogens is 9. The number of fused-ring (bicyclic) bond motifs is 13. The van der Waals surface area contributed by atoms with Crippen LogP contribution in [0.2, 0.25) is 0 Å². The molecule has 35 rings (SSSR count). The van der Waals surface area contributed by atoms with Gasteiger partial charge in [0.1, 0.15) is 22.3 Å². The van der Waals surface area contributed by atoms with Gasteiger partial charge in [0.2, 0.25) is 11.8 Å². The van der Waals surface area contributed by atoms with Crippen LogP contribution in [-0.2, 0) is 149 Å². The number of imidazole rings is 1. The van der Waals surface area contributed by atoms with Crippen LogP contribution in [0.3, 0.4) is 0 Å². The number of hydrogen-bond acceptors (Lipinski definition) is 11. The Kier molecular flexibility index (Phi) is 24.0. The summed E-state index contributed by atoms with van der Waals surface area (Å²) in [6, 6.07) is 131. The van der Waals surface area contributed by atoms with Gasteiger partial charge >= 0.3 is 63.2 Å². The minimum atomic E-state index is -1.21. The number of para-hydroxylation sites is 4. The Labute approximate surface area is 883 Å². The summed E-state index contributed by atoms with van der Waals surface area (Å²) >= 11 is 0. The van der Waals surface area contributed by atoms with Crippen molar-refractivity contribution in [2.75, 3.05) is 0 Å². The summed E-state index contributed by atoms with van der Waals surface area (Å²) in [4.78, 5) is 26.8. The smallest absolute Gasteiger partial charge is 0.503 e. The molecule has 0 saturated carbocycles. The Morgan fingerprint density at radius 1 is 0.386 bits per heavy atom. The molecular formula is C127H89N9O5Pt3S. The van der Waals surface area contributed by atoms with E-state index in [4.69, 9.17) is 48.3 Å². The molecule has 14 aromatic carbocycles. The zero-order valence-electron chi connectivity index (χ0n) is 79.5. The van der Waals surface area contributed by atoms with Gasteiger partial charge < -0.3 is 37.2 Å². The molecule has 11 aliphatic rings. The number of hydrogen-bond donors (Lipinski definition) is 0. The van der Waals surface area contributed by atoms with E-state index in [1.165, 1.54) is 82.8 Å². The first-order valence-corrected chi connectivity index (χ1v) is 50.0. The Bertz CT molecular complexity index is 9170. The van der Waals surface area contributed by atoms with Crippen molar-refractivity contribution in [3.63, 3.8) is 0 Å². The van der Waals surface area contributed by atoms with Crippen molar-refractivity contribution in [3.05, 3.63) is 449 Å². The molecule has 10 aromatic heterocycles. The predicted molar refractivity (Wildman–Crippen MR) is 563 cm³/mol. The zero-order valence-corrected chi connectivity index (χ0v) is 87.1. The van der Waals surface area contributed by atoms with Crippen molar-refractivity contribution in [3.8, 4) is 90.8 Å². The Morgan fingerprint density at radius 3 is 1.61 bits per heavy atom. The van der Waals surface area contributed by atoms with E-state index in [1.54, 1.807) is 0 Å². The topological polar surface area (TPSA) is 153 Å². The standard InChI is InChI=1S/C45H31N3OS.C44H32N4O2.C38H26N2O2.3Pt/c49-50-44-31-8-3-7-29-18-23-41(46-27-29)34-21-22-37-36-13-1-2-16-42(36)48(43(37)26-34)35-12-4-11-33(25-35)40-24-19-30(28-47-40)17-20-32-10-6-15-39(45(32)50)38(44)14-5-9-31;1-43(2)34-14-8-13-32-31-18-17-30-24-33(31)42-45-35(41(44(43,3)4)48(42)40(32)34)22-26-10-6-16-37-39(26)38-25(9-5-15-36(38)50-37)21-27-19-20-47(46-27)28-11-7-12-29(23-28)49-30;1-5-29-23-17-25-13-19-27(20-14-25)33-9-3-11-35(39-33)41-36-12-4-10-34(40-36)28-21-15-26(16-22-28)18-24-30-6-2-8-32-31(7-1)37(29)42-38(30)32;;;/h1-2,4-6,9-16,18-19,21-24,27-28H,3,7-8,17,20H2;5-20H,21-22H2,1-4H3;1-16,19,21H,17-18,23-24H2;;;/q3*-2;3*+2. The minimum absolute atomic E-state index is 0. The van der Waals surface area contributed by atoms with E-state index in [-0.39, 0.29) is 74.0 Å². The van der Waals surface area contributed by atoms with Crippen molar-refractivity contribution in [2.45, 2.75) is 119 Å². The van der Waals surface area contributed by atoms with Crippen LogP contribution in [0, 0.1) is 36.4 Å². The van der Waals surface area contributed by atoms with Gasteiger partial charge in [0.15, 0.2) is 0 Å². The van der Waals surface area contributed by atoms with Crippen molar-refractivity contribution < 1.29 is 85.7 Å². The molecule has 1 atom stereocenters. The second-order valence-corrected chi connectivity index (χ2v) is 40.3. The fraction of sp³-hybridized carbons (Fsp3) is 0.134. The van der Waals surface area contributed by atoms with Gasteiger partial charge in [-0.3, -0.25) is 19.6 Å². The van der Waals surface area contributed by atoms with Crippen LogP contribution < -0.4 is 9.47 Å². The van der Waals surface area contributed by atoms with Gasteiger partial charge in [0, 0.05) is 92.0 Å². The number of pyridine rings is 5. The number of aryl methyl sites for hydroxylation is 8. The first-order chi connectivity index (χ1) is 69.7. The molecule has 21 heterocycles. The van der Waals surface area contributed by atoms with Crippen molar-refractivity contribution in [2.24, 2.45) is 0 Å². The molecule has 24 aromatic rings. The molecule has 0 fully saturated rings. The summed E-state index contributed by atoms with van der Waals surface area (Å²) in [6.07, 6.45) is 15.2. The van der Waals surface area contributed by atoms with Gasteiger partial charge in [-0.25, -0.2) is 4.21 Å². The predicted octanol–water partition coefficient (Wildman–Crippen LogP) is 29.1. The van der Waals surface area contributed by atoms with Crippen LogP contribution in [0.15, 0.2) is 353 Å². The Morgan fingerprint density at radius 2 is 0.938 bits per heavy atom. The quantitative estimate of drug-likeness (QED) is 0.105. The maximum absolute atomic E-state index is 14.2. The van der Waals surface area contributed by atoms with Crippen LogP contribution >= 0.6 is 0 Å². The average Bonchev–Trinajstić information content (AvgIpc) is 1.58. The van der Waals surface area contributed by atoms with Crippen molar-refractivity contribution >= 4 is 104 Å². The summed E-state index contributed by atoms with van der Waals surface area (Å²) in [5, 5.41) is 15.2. The molecule has 14 nitrogen and oxygen atoms in total. The SMILES string of the molecule is CC1(C)c2cccc3c4ccc5[c-]c4c4nc(c(n4c23)C1(C)C)Cc1cccc2oc3cccc(c3c12)Cc1ccn(n1)-c1[c-]c(ccc1)O5.O=S1c2c3cccc2-c2cccc(c21)CCc1ccc(nc1)-c1[c-]c(ccc1)-n1c2[c-]c(ccc2c2ccccc21)-c1ccc(cn1)CCC3.[Pt+2].[Pt+2].[Pt+2].[c-]1cc2ccc1-c1cccc(n1)Oc1cccc(n1)-c1[c-]cc(cc1)CCc1cccc3c1oc1c(cccc13)CC2. The van der Waals surface area contributed by atoms with E-state index in [2.05, 4.69) is 328 Å². The third-order valence-corrected chi connectivity index (χ3v) is 31.7. The molecule has 145 heavy (non-hydrogen) atoms. The minimum Gasteiger partial charge on any atom is -0.503 e. The van der Waals surface area contributed by atoms with Gasteiger partial charge in [-0.2, -0.15) is 11.2 Å². The molecule has 18 heteroatoms. The van der Waals surface area contributed by atoms with Gasteiger partial charge in [-0.15, -0.1) is 155 Å². The number of rotatable bonds is 0. The van der Waals surface area contributed by atoms with E-state index >= 15 is 0 Å². The van der Waals surface area contributed by atoms with Crippen LogP contribution in [0.5, 0.6) is 23.3 Å². The fourth-order valence-corrected chi connectivity index (χ4v) is 24.0. The second kappa shape index (κ2) is 37.5.